The highest BCUT2D eigenvalue weighted by Crippen LogP contribution is 2.35. The van der Waals surface area contributed by atoms with Crippen LogP contribution < -0.4 is 15.5 Å². The van der Waals surface area contributed by atoms with Crippen molar-refractivity contribution >= 4 is 39.0 Å². The molecule has 2 aliphatic rings. The Morgan fingerprint density at radius 3 is 2.71 bits per heavy atom. The van der Waals surface area contributed by atoms with E-state index in [1.165, 1.54) is 11.3 Å². The first kappa shape index (κ1) is 31.2. The van der Waals surface area contributed by atoms with Gasteiger partial charge in [-0.3, -0.25) is 4.79 Å². The number of ether oxygens (including phenoxy) is 1. The first-order valence-electron chi connectivity index (χ1n) is 14.7. The number of anilines is 2. The van der Waals surface area contributed by atoms with Gasteiger partial charge in [0.15, 0.2) is 5.13 Å². The van der Waals surface area contributed by atoms with Crippen molar-refractivity contribution in [3.8, 4) is 11.5 Å². The number of nitrogens with zero attached hydrogens (tertiary/aromatic N) is 6. The Morgan fingerprint density at radius 1 is 1.18 bits per heavy atom. The fraction of sp³-hybridized carbons (Fsp3) is 0.517. The number of nitrogens with one attached hydrogen (secondary N) is 2. The molecule has 6 rings (SSSR count). The number of likely N-dealkylation sites (tertiary alicyclic amines) is 1. The SMILES string of the molecule is COC1CCN(c2nc(C(=O)NCc3nc(-c4cc5c(NC6CCN(C)CC6F)cccc5n4CC(F)(F)F)no3)cs2)CC1. The van der Waals surface area contributed by atoms with E-state index < -0.39 is 30.8 Å². The summed E-state index contributed by atoms with van der Waals surface area (Å²) in [7, 11) is 3.55. The average Bonchev–Trinajstić information content (AvgIpc) is 3.77. The molecule has 2 atom stereocenters. The highest BCUT2D eigenvalue weighted by molar-refractivity contribution is 7.13. The standard InChI is InChI=1S/C29H34F4N8O3S/c1-39-9-8-21(19(30)14-39)35-20-4-3-5-23-18(20)12-24(41(23)16-29(31,32)33)26-37-25(44-38-26)13-34-27(42)22-15-45-28(36-22)40-10-6-17(43-2)7-11-40/h3-5,12,15,17,19,21,35H,6-11,13-14,16H2,1-2H3,(H,34,42). The van der Waals surface area contributed by atoms with Crippen LogP contribution in [0.4, 0.5) is 28.4 Å². The Balaban J connectivity index is 1.18. The van der Waals surface area contributed by atoms with Crippen LogP contribution in [0.3, 0.4) is 0 Å². The fourth-order valence-corrected chi connectivity index (χ4v) is 6.70. The monoisotopic (exact) mass is 650 g/mol. The number of benzene rings is 1. The number of halogens is 4. The predicted molar refractivity (Wildman–Crippen MR) is 161 cm³/mol. The number of fused-ring (bicyclic) bond motifs is 1. The summed E-state index contributed by atoms with van der Waals surface area (Å²) in [4.78, 5) is 25.6. The Labute approximate surface area is 260 Å². The van der Waals surface area contributed by atoms with E-state index in [0.29, 0.717) is 29.6 Å². The molecule has 2 aliphatic heterocycles. The molecule has 11 nitrogen and oxygen atoms in total. The largest absolute Gasteiger partial charge is 0.406 e. The van der Waals surface area contributed by atoms with Crippen LogP contribution in [0, 0.1) is 0 Å². The van der Waals surface area contributed by atoms with Crippen molar-refractivity contribution in [1.29, 1.82) is 0 Å². The van der Waals surface area contributed by atoms with E-state index in [4.69, 9.17) is 9.26 Å². The third kappa shape index (κ3) is 7.07. The van der Waals surface area contributed by atoms with Gasteiger partial charge >= 0.3 is 6.18 Å². The van der Waals surface area contributed by atoms with Crippen molar-refractivity contribution in [3.05, 3.63) is 41.2 Å². The molecule has 3 aromatic heterocycles. The number of hydrogen-bond donors (Lipinski definition) is 2. The second-order valence-corrected chi connectivity index (χ2v) is 12.3. The maximum Gasteiger partial charge on any atom is 0.406 e. The summed E-state index contributed by atoms with van der Waals surface area (Å²) in [6, 6.07) is 5.99. The van der Waals surface area contributed by atoms with Gasteiger partial charge in [-0.05, 0) is 44.5 Å². The number of hydrogen-bond acceptors (Lipinski definition) is 10. The lowest BCUT2D eigenvalue weighted by Gasteiger charge is -2.33. The van der Waals surface area contributed by atoms with Crippen molar-refractivity contribution in [2.24, 2.45) is 0 Å². The Hall–Kier alpha value is -3.76. The van der Waals surface area contributed by atoms with Gasteiger partial charge in [0, 0.05) is 49.7 Å². The number of amides is 1. The molecule has 4 aromatic rings. The molecule has 5 heterocycles. The number of piperidine rings is 2. The maximum absolute atomic E-state index is 14.8. The molecule has 45 heavy (non-hydrogen) atoms. The number of thiazole rings is 1. The van der Waals surface area contributed by atoms with Crippen LogP contribution in [0.25, 0.3) is 22.4 Å². The summed E-state index contributed by atoms with van der Waals surface area (Å²) in [6.45, 7) is 1.12. The predicted octanol–water partition coefficient (Wildman–Crippen LogP) is 4.71. The molecule has 0 spiro atoms. The first-order chi connectivity index (χ1) is 21.6. The van der Waals surface area contributed by atoms with Gasteiger partial charge in [0.25, 0.3) is 5.91 Å². The number of carbonyl (C=O) groups is 1. The molecule has 0 bridgehead atoms. The minimum atomic E-state index is -4.53. The third-order valence-electron chi connectivity index (χ3n) is 8.24. The van der Waals surface area contributed by atoms with Gasteiger partial charge in [-0.1, -0.05) is 11.2 Å². The molecule has 2 fully saturated rings. The van der Waals surface area contributed by atoms with Crippen LogP contribution in [0.5, 0.6) is 0 Å². The van der Waals surface area contributed by atoms with E-state index in [1.54, 1.807) is 36.8 Å². The second kappa shape index (κ2) is 12.9. The summed E-state index contributed by atoms with van der Waals surface area (Å²) >= 11 is 1.38. The Morgan fingerprint density at radius 2 is 1.98 bits per heavy atom. The summed E-state index contributed by atoms with van der Waals surface area (Å²) in [5, 5.41) is 12.7. The molecular weight excluding hydrogens is 616 g/mol. The Kier molecular flexibility index (Phi) is 8.97. The molecule has 0 saturated carbocycles. The molecule has 0 aliphatic carbocycles. The van der Waals surface area contributed by atoms with Crippen LogP contribution in [-0.2, 0) is 17.8 Å². The minimum Gasteiger partial charge on any atom is -0.381 e. The van der Waals surface area contributed by atoms with E-state index >= 15 is 0 Å². The molecular formula is C29H34F4N8O3S. The lowest BCUT2D eigenvalue weighted by molar-refractivity contribution is -0.139. The Bertz CT molecular complexity index is 1630. The van der Waals surface area contributed by atoms with Gasteiger partial charge in [-0.25, -0.2) is 9.37 Å². The van der Waals surface area contributed by atoms with E-state index in [-0.39, 0.29) is 42.3 Å². The minimum absolute atomic E-state index is 0.0178. The van der Waals surface area contributed by atoms with Crippen LogP contribution >= 0.6 is 11.3 Å². The van der Waals surface area contributed by atoms with Gasteiger partial charge < -0.3 is 34.3 Å². The molecule has 0 radical (unpaired) electrons. The summed E-state index contributed by atoms with van der Waals surface area (Å²) < 4.78 is 67.7. The molecule has 242 valence electrons. The van der Waals surface area contributed by atoms with Crippen molar-refractivity contribution in [2.45, 2.75) is 56.8 Å². The number of rotatable bonds is 9. The normalized spacial score (nSPS) is 20.2. The van der Waals surface area contributed by atoms with Crippen molar-refractivity contribution < 1.29 is 31.6 Å². The summed E-state index contributed by atoms with van der Waals surface area (Å²) in [6.07, 6.45) is -3.12. The number of methoxy groups -OCH3 is 1. The van der Waals surface area contributed by atoms with Crippen LogP contribution in [-0.4, -0.2) is 95.3 Å². The molecule has 1 aromatic carbocycles. The maximum atomic E-state index is 14.8. The smallest absolute Gasteiger partial charge is 0.381 e. The average molecular weight is 651 g/mol. The molecule has 16 heteroatoms. The highest BCUT2D eigenvalue weighted by atomic mass is 32.1. The van der Waals surface area contributed by atoms with Gasteiger partial charge in [-0.15, -0.1) is 11.3 Å². The van der Waals surface area contributed by atoms with E-state index in [9.17, 15) is 22.4 Å². The van der Waals surface area contributed by atoms with Gasteiger partial charge in [0.05, 0.1) is 29.9 Å². The van der Waals surface area contributed by atoms with E-state index in [0.717, 1.165) is 35.6 Å². The highest BCUT2D eigenvalue weighted by Gasteiger charge is 2.32. The molecule has 2 unspecified atom stereocenters. The quantitative estimate of drug-likeness (QED) is 0.249. The number of carbonyl (C=O) groups excluding carboxylic acids is 1. The zero-order valence-corrected chi connectivity index (χ0v) is 25.6. The zero-order chi connectivity index (χ0) is 31.7. The van der Waals surface area contributed by atoms with Crippen LogP contribution in [0.1, 0.15) is 35.6 Å². The number of alkyl halides is 4. The van der Waals surface area contributed by atoms with Crippen LogP contribution in [0.15, 0.2) is 34.2 Å². The van der Waals surface area contributed by atoms with Crippen LogP contribution in [0.2, 0.25) is 0 Å². The fourth-order valence-electron chi connectivity index (χ4n) is 5.84. The zero-order valence-electron chi connectivity index (χ0n) is 24.8. The van der Waals surface area contributed by atoms with E-state index in [2.05, 4.69) is 30.7 Å². The van der Waals surface area contributed by atoms with Crippen molar-refractivity contribution in [1.82, 2.24) is 29.9 Å². The third-order valence-corrected chi connectivity index (χ3v) is 9.14. The topological polar surface area (TPSA) is 114 Å². The molecule has 2 saturated heterocycles. The second-order valence-electron chi connectivity index (χ2n) is 11.4. The van der Waals surface area contributed by atoms with Gasteiger partial charge in [0.2, 0.25) is 11.7 Å². The lowest BCUT2D eigenvalue weighted by Crippen LogP contribution is -2.46. The lowest BCUT2D eigenvalue weighted by atomic mass is 10.0. The van der Waals surface area contributed by atoms with Crippen molar-refractivity contribution in [3.63, 3.8) is 0 Å². The van der Waals surface area contributed by atoms with Crippen molar-refractivity contribution in [2.75, 3.05) is 50.6 Å². The summed E-state index contributed by atoms with van der Waals surface area (Å²) in [5.74, 6) is -0.487. The first-order valence-corrected chi connectivity index (χ1v) is 15.6. The summed E-state index contributed by atoms with van der Waals surface area (Å²) in [5.41, 5.74) is 1.14. The molecule has 1 amide bonds. The van der Waals surface area contributed by atoms with E-state index in [1.807, 2.05) is 11.9 Å². The molecule has 2 N–H and O–H groups in total. The van der Waals surface area contributed by atoms with Gasteiger partial charge in [0.1, 0.15) is 18.4 Å². The van der Waals surface area contributed by atoms with Gasteiger partial charge in [-0.2, -0.15) is 18.2 Å². The number of aromatic nitrogens is 4.